The molecule has 1 atom stereocenters. The van der Waals surface area contributed by atoms with E-state index in [1.165, 1.54) is 28.9 Å². The molecule has 1 aromatic heterocycles. The lowest BCUT2D eigenvalue weighted by Gasteiger charge is -2.39. The number of H-pyrrole nitrogens is 1. The number of piperazine rings is 1. The predicted octanol–water partition coefficient (Wildman–Crippen LogP) is 4.25. The van der Waals surface area contributed by atoms with E-state index in [9.17, 15) is 14.0 Å². The number of esters is 1. The van der Waals surface area contributed by atoms with Gasteiger partial charge >= 0.3 is 5.97 Å². The van der Waals surface area contributed by atoms with Gasteiger partial charge in [0.1, 0.15) is 11.5 Å². The molecule has 0 bridgehead atoms. The average Bonchev–Trinajstić information content (AvgIpc) is 3.18. The molecule has 1 aliphatic rings. The predicted molar refractivity (Wildman–Crippen MR) is 132 cm³/mol. The molecule has 0 aliphatic carbocycles. The average molecular weight is 467 g/mol. The SMILES string of the molecule is CCOC(=O)c1[nH]c2ccc(F)cc2c1NC(=O)[C@H](C)N1CCN(c2cccc(C)c2C)CC1. The molecule has 4 rings (SSSR count). The Balaban J connectivity index is 1.49. The van der Waals surface area contributed by atoms with Crippen LogP contribution in [0.1, 0.15) is 35.5 Å². The number of rotatable bonds is 6. The number of carbonyl (C=O) groups is 2. The third-order valence-corrected chi connectivity index (χ3v) is 6.65. The molecule has 1 amide bonds. The molecular weight excluding hydrogens is 435 g/mol. The fourth-order valence-electron chi connectivity index (χ4n) is 4.47. The molecule has 1 aliphatic heterocycles. The highest BCUT2D eigenvalue weighted by Gasteiger charge is 2.28. The number of amides is 1. The first-order chi connectivity index (χ1) is 16.3. The normalized spacial score (nSPS) is 15.4. The summed E-state index contributed by atoms with van der Waals surface area (Å²) in [6.45, 7) is 11.1. The van der Waals surface area contributed by atoms with Crippen LogP contribution in [0.2, 0.25) is 0 Å². The van der Waals surface area contributed by atoms with E-state index >= 15 is 0 Å². The second-order valence-electron chi connectivity index (χ2n) is 8.69. The summed E-state index contributed by atoms with van der Waals surface area (Å²) < 4.78 is 19.1. The van der Waals surface area contributed by atoms with E-state index in [1.807, 2.05) is 6.92 Å². The molecule has 2 N–H and O–H groups in total. The number of aromatic amines is 1. The van der Waals surface area contributed by atoms with Gasteiger partial charge in [0.05, 0.1) is 18.3 Å². The van der Waals surface area contributed by atoms with Gasteiger partial charge in [-0.15, -0.1) is 0 Å². The van der Waals surface area contributed by atoms with Crippen LogP contribution >= 0.6 is 0 Å². The Bertz CT molecular complexity index is 1210. The maximum atomic E-state index is 13.9. The molecule has 7 nitrogen and oxygen atoms in total. The lowest BCUT2D eigenvalue weighted by molar-refractivity contribution is -0.120. The summed E-state index contributed by atoms with van der Waals surface area (Å²) in [5, 5.41) is 3.30. The molecule has 2 heterocycles. The van der Waals surface area contributed by atoms with Gasteiger partial charge in [-0.05, 0) is 63.1 Å². The maximum Gasteiger partial charge on any atom is 0.356 e. The van der Waals surface area contributed by atoms with Crippen molar-refractivity contribution in [1.82, 2.24) is 9.88 Å². The van der Waals surface area contributed by atoms with Gasteiger partial charge in [-0.1, -0.05) is 12.1 Å². The number of hydrogen-bond acceptors (Lipinski definition) is 5. The number of benzene rings is 2. The van der Waals surface area contributed by atoms with Crippen molar-refractivity contribution in [3.05, 3.63) is 59.0 Å². The van der Waals surface area contributed by atoms with Gasteiger partial charge in [0, 0.05) is 42.8 Å². The summed E-state index contributed by atoms with van der Waals surface area (Å²) in [6.07, 6.45) is 0. The van der Waals surface area contributed by atoms with Crippen molar-refractivity contribution in [2.45, 2.75) is 33.7 Å². The number of halogens is 1. The molecule has 0 saturated carbocycles. The first kappa shape index (κ1) is 23.8. The molecule has 3 aromatic rings. The second-order valence-corrected chi connectivity index (χ2v) is 8.69. The quantitative estimate of drug-likeness (QED) is 0.531. The van der Waals surface area contributed by atoms with Gasteiger partial charge < -0.3 is 19.9 Å². The molecule has 8 heteroatoms. The third kappa shape index (κ3) is 4.63. The zero-order chi connectivity index (χ0) is 24.4. The van der Waals surface area contributed by atoms with Crippen molar-refractivity contribution >= 4 is 34.2 Å². The minimum absolute atomic E-state index is 0.114. The highest BCUT2D eigenvalue weighted by Crippen LogP contribution is 2.30. The van der Waals surface area contributed by atoms with Gasteiger partial charge in [-0.3, -0.25) is 9.69 Å². The van der Waals surface area contributed by atoms with Crippen LogP contribution in [-0.4, -0.2) is 60.6 Å². The van der Waals surface area contributed by atoms with E-state index < -0.39 is 17.8 Å². The second kappa shape index (κ2) is 9.85. The van der Waals surface area contributed by atoms with Crippen molar-refractivity contribution in [2.75, 3.05) is 43.0 Å². The van der Waals surface area contributed by atoms with Crippen LogP contribution in [0.4, 0.5) is 15.8 Å². The van der Waals surface area contributed by atoms with Crippen LogP contribution in [-0.2, 0) is 9.53 Å². The Hall–Kier alpha value is -3.39. The van der Waals surface area contributed by atoms with Crippen molar-refractivity contribution in [3.8, 4) is 0 Å². The van der Waals surface area contributed by atoms with Gasteiger partial charge in [-0.25, -0.2) is 9.18 Å². The monoisotopic (exact) mass is 466 g/mol. The number of fused-ring (bicyclic) bond motifs is 1. The van der Waals surface area contributed by atoms with E-state index in [-0.39, 0.29) is 23.9 Å². The lowest BCUT2D eigenvalue weighted by atomic mass is 10.1. The van der Waals surface area contributed by atoms with Crippen LogP contribution < -0.4 is 10.2 Å². The fourth-order valence-corrected chi connectivity index (χ4v) is 4.47. The van der Waals surface area contributed by atoms with Crippen molar-refractivity contribution in [1.29, 1.82) is 0 Å². The topological polar surface area (TPSA) is 77.7 Å². The van der Waals surface area contributed by atoms with Gasteiger partial charge in [0.25, 0.3) is 0 Å². The first-order valence-corrected chi connectivity index (χ1v) is 11.6. The zero-order valence-electron chi connectivity index (χ0n) is 20.1. The smallest absolute Gasteiger partial charge is 0.356 e. The summed E-state index contributed by atoms with van der Waals surface area (Å²) in [7, 11) is 0. The van der Waals surface area contributed by atoms with Crippen LogP contribution in [0.3, 0.4) is 0 Å². The number of anilines is 2. The lowest BCUT2D eigenvalue weighted by Crippen LogP contribution is -2.53. The number of ether oxygens (including phenoxy) is 1. The molecule has 1 fully saturated rings. The summed E-state index contributed by atoms with van der Waals surface area (Å²) in [6, 6.07) is 10.1. The van der Waals surface area contributed by atoms with Gasteiger partial charge in [0.15, 0.2) is 0 Å². The molecule has 1 saturated heterocycles. The van der Waals surface area contributed by atoms with Crippen LogP contribution in [0.25, 0.3) is 10.9 Å². The van der Waals surface area contributed by atoms with Crippen LogP contribution in [0.5, 0.6) is 0 Å². The number of hydrogen-bond donors (Lipinski definition) is 2. The first-order valence-electron chi connectivity index (χ1n) is 11.6. The molecular formula is C26H31FN4O3. The molecule has 0 unspecified atom stereocenters. The Morgan fingerprint density at radius 3 is 2.59 bits per heavy atom. The van der Waals surface area contributed by atoms with E-state index in [0.29, 0.717) is 10.9 Å². The third-order valence-electron chi connectivity index (χ3n) is 6.65. The number of aromatic nitrogens is 1. The Kier molecular flexibility index (Phi) is 6.88. The summed E-state index contributed by atoms with van der Waals surface area (Å²) in [5.41, 5.74) is 4.69. The summed E-state index contributed by atoms with van der Waals surface area (Å²) in [4.78, 5) is 33.1. The Labute approximate surface area is 198 Å². The van der Waals surface area contributed by atoms with Gasteiger partial charge in [-0.2, -0.15) is 0 Å². The number of carbonyl (C=O) groups excluding carboxylic acids is 2. The van der Waals surface area contributed by atoms with E-state index in [2.05, 4.69) is 52.1 Å². The minimum atomic E-state index is -0.593. The van der Waals surface area contributed by atoms with E-state index in [0.717, 1.165) is 26.2 Å². The molecule has 2 aromatic carbocycles. The fraction of sp³-hybridized carbons (Fsp3) is 0.385. The standard InChI is InChI=1S/C26H31FN4O3/c1-5-34-26(33)24-23(20-15-19(27)9-10-21(20)28-24)29-25(32)18(4)30-11-13-31(14-12-30)22-8-6-7-16(2)17(22)3/h6-10,15,18,28H,5,11-14H2,1-4H3,(H,29,32)/t18-/m0/s1. The molecule has 0 radical (unpaired) electrons. The van der Waals surface area contributed by atoms with E-state index in [4.69, 9.17) is 4.74 Å². The molecule has 34 heavy (non-hydrogen) atoms. The largest absolute Gasteiger partial charge is 0.461 e. The minimum Gasteiger partial charge on any atom is -0.461 e. The maximum absolute atomic E-state index is 13.9. The number of nitrogens with zero attached hydrogens (tertiary/aromatic N) is 2. The van der Waals surface area contributed by atoms with Crippen molar-refractivity contribution in [2.24, 2.45) is 0 Å². The van der Waals surface area contributed by atoms with E-state index in [1.54, 1.807) is 13.0 Å². The van der Waals surface area contributed by atoms with Gasteiger partial charge in [0.2, 0.25) is 5.91 Å². The van der Waals surface area contributed by atoms with Crippen LogP contribution in [0.15, 0.2) is 36.4 Å². The zero-order valence-corrected chi connectivity index (χ0v) is 20.1. The summed E-state index contributed by atoms with van der Waals surface area (Å²) >= 11 is 0. The Morgan fingerprint density at radius 2 is 1.88 bits per heavy atom. The number of aryl methyl sites for hydroxylation is 1. The van der Waals surface area contributed by atoms with Crippen molar-refractivity contribution < 1.29 is 18.7 Å². The number of nitrogens with one attached hydrogen (secondary N) is 2. The van der Waals surface area contributed by atoms with Crippen LogP contribution in [0, 0.1) is 19.7 Å². The highest BCUT2D eigenvalue weighted by molar-refractivity contribution is 6.11. The molecule has 180 valence electrons. The highest BCUT2D eigenvalue weighted by atomic mass is 19.1. The summed E-state index contributed by atoms with van der Waals surface area (Å²) in [5.74, 6) is -1.30. The molecule has 0 spiro atoms. The Morgan fingerprint density at radius 1 is 1.15 bits per heavy atom. The van der Waals surface area contributed by atoms with Crippen molar-refractivity contribution in [3.63, 3.8) is 0 Å².